The Bertz CT molecular complexity index is 773. The van der Waals surface area contributed by atoms with Gasteiger partial charge in [0.25, 0.3) is 5.69 Å². The van der Waals surface area contributed by atoms with Gasteiger partial charge in [0.05, 0.1) is 10.5 Å². The summed E-state index contributed by atoms with van der Waals surface area (Å²) in [5.41, 5.74) is -0.000837. The lowest BCUT2D eigenvalue weighted by molar-refractivity contribution is -0.384. The summed E-state index contributed by atoms with van der Waals surface area (Å²) in [5.74, 6) is -0.686. The molecule has 132 valence electrons. The number of amides is 1. The van der Waals surface area contributed by atoms with Crippen molar-refractivity contribution in [3.05, 3.63) is 69.8 Å². The van der Waals surface area contributed by atoms with E-state index in [4.69, 9.17) is 0 Å². The number of nitro benzene ring substituents is 1. The lowest BCUT2D eigenvalue weighted by atomic mass is 9.96. The van der Waals surface area contributed by atoms with Crippen molar-refractivity contribution in [1.29, 1.82) is 0 Å². The van der Waals surface area contributed by atoms with Crippen LogP contribution in [0, 0.1) is 10.1 Å². The Balaban J connectivity index is 2.00. The molecule has 0 fully saturated rings. The summed E-state index contributed by atoms with van der Waals surface area (Å²) in [6.07, 6.45) is -4.37. The van der Waals surface area contributed by atoms with Crippen LogP contribution in [0.2, 0.25) is 0 Å². The van der Waals surface area contributed by atoms with E-state index in [2.05, 4.69) is 5.32 Å². The minimum atomic E-state index is -4.40. The van der Waals surface area contributed by atoms with E-state index in [1.165, 1.54) is 36.4 Å². The van der Waals surface area contributed by atoms with Crippen molar-refractivity contribution in [2.45, 2.75) is 25.4 Å². The quantitative estimate of drug-likeness (QED) is 0.624. The molecule has 0 saturated heterocycles. The van der Waals surface area contributed by atoms with Crippen LogP contribution in [0.25, 0.3) is 0 Å². The number of carbonyl (C=O) groups is 1. The molecule has 2 aromatic rings. The van der Waals surface area contributed by atoms with E-state index in [1.54, 1.807) is 6.92 Å². The molecule has 2 aromatic carbocycles. The van der Waals surface area contributed by atoms with E-state index in [-0.39, 0.29) is 23.9 Å². The van der Waals surface area contributed by atoms with Gasteiger partial charge in [-0.2, -0.15) is 13.2 Å². The fourth-order valence-corrected chi connectivity index (χ4v) is 2.31. The first-order valence-corrected chi connectivity index (χ1v) is 7.38. The van der Waals surface area contributed by atoms with Crippen LogP contribution in [0.3, 0.4) is 0 Å². The van der Waals surface area contributed by atoms with E-state index < -0.39 is 16.7 Å². The molecule has 1 atom stereocenters. The maximum Gasteiger partial charge on any atom is 0.416 e. The van der Waals surface area contributed by atoms with Crippen molar-refractivity contribution in [3.8, 4) is 0 Å². The van der Waals surface area contributed by atoms with Gasteiger partial charge in [0.1, 0.15) is 0 Å². The smallest absolute Gasteiger partial charge is 0.326 e. The molecule has 0 aliphatic rings. The summed E-state index contributed by atoms with van der Waals surface area (Å²) in [6, 6.07) is 10.2. The number of nitrogens with zero attached hydrogens (tertiary/aromatic N) is 1. The van der Waals surface area contributed by atoms with Gasteiger partial charge in [0, 0.05) is 24.2 Å². The number of hydrogen-bond donors (Lipinski definition) is 1. The second kappa shape index (κ2) is 7.33. The molecule has 2 rings (SSSR count). The highest BCUT2D eigenvalue weighted by Gasteiger charge is 2.30. The largest absolute Gasteiger partial charge is 0.416 e. The van der Waals surface area contributed by atoms with Crippen LogP contribution in [-0.2, 0) is 11.0 Å². The first kappa shape index (κ1) is 18.4. The van der Waals surface area contributed by atoms with Gasteiger partial charge in [-0.3, -0.25) is 14.9 Å². The van der Waals surface area contributed by atoms with Crippen molar-refractivity contribution < 1.29 is 22.9 Å². The number of benzene rings is 2. The molecule has 0 bridgehead atoms. The monoisotopic (exact) mass is 352 g/mol. The Kier molecular flexibility index (Phi) is 5.41. The number of hydrogen-bond acceptors (Lipinski definition) is 3. The Morgan fingerprint density at radius 3 is 2.40 bits per heavy atom. The van der Waals surface area contributed by atoms with Gasteiger partial charge in [0.2, 0.25) is 5.91 Å². The van der Waals surface area contributed by atoms with Gasteiger partial charge in [-0.1, -0.05) is 25.1 Å². The molecule has 0 radical (unpaired) electrons. The van der Waals surface area contributed by atoms with Crippen molar-refractivity contribution in [1.82, 2.24) is 0 Å². The minimum Gasteiger partial charge on any atom is -0.326 e. The van der Waals surface area contributed by atoms with E-state index in [1.807, 2.05) is 0 Å². The molecule has 0 aliphatic heterocycles. The van der Waals surface area contributed by atoms with Gasteiger partial charge in [0.15, 0.2) is 0 Å². The molecule has 0 saturated carbocycles. The van der Waals surface area contributed by atoms with Crippen molar-refractivity contribution in [2.75, 3.05) is 5.32 Å². The molecule has 0 aliphatic carbocycles. The number of alkyl halides is 3. The zero-order valence-corrected chi connectivity index (χ0v) is 13.2. The van der Waals surface area contributed by atoms with Crippen LogP contribution in [0.1, 0.15) is 30.4 Å². The molecule has 8 heteroatoms. The topological polar surface area (TPSA) is 72.2 Å². The number of carbonyl (C=O) groups excluding carboxylic acids is 1. The average molecular weight is 352 g/mol. The summed E-state index contributed by atoms with van der Waals surface area (Å²) in [4.78, 5) is 22.2. The van der Waals surface area contributed by atoms with Crippen LogP contribution in [0.4, 0.5) is 24.5 Å². The summed E-state index contributed by atoms with van der Waals surface area (Å²) in [7, 11) is 0. The van der Waals surface area contributed by atoms with Crippen LogP contribution in [0.15, 0.2) is 48.5 Å². The van der Waals surface area contributed by atoms with E-state index >= 15 is 0 Å². The molecule has 5 nitrogen and oxygen atoms in total. The molecule has 25 heavy (non-hydrogen) atoms. The van der Waals surface area contributed by atoms with Crippen molar-refractivity contribution in [3.63, 3.8) is 0 Å². The maximum absolute atomic E-state index is 12.6. The van der Waals surface area contributed by atoms with Crippen LogP contribution in [0.5, 0.6) is 0 Å². The molecular formula is C17H15F3N2O3. The maximum atomic E-state index is 12.6. The Morgan fingerprint density at radius 1 is 1.20 bits per heavy atom. The van der Waals surface area contributed by atoms with E-state index in [0.29, 0.717) is 11.3 Å². The highest BCUT2D eigenvalue weighted by Crippen LogP contribution is 2.30. The van der Waals surface area contributed by atoms with Gasteiger partial charge < -0.3 is 5.32 Å². The SMILES string of the molecule is CC(CC(=O)Nc1cccc([N+](=O)[O-])c1)c1ccc(C(F)(F)F)cc1. The fourth-order valence-electron chi connectivity index (χ4n) is 2.31. The van der Waals surface area contributed by atoms with Crippen molar-refractivity contribution >= 4 is 17.3 Å². The normalized spacial score (nSPS) is 12.5. The van der Waals surface area contributed by atoms with Gasteiger partial charge in [-0.15, -0.1) is 0 Å². The van der Waals surface area contributed by atoms with Crippen LogP contribution < -0.4 is 5.32 Å². The molecule has 0 aromatic heterocycles. The number of rotatable bonds is 5. The Labute approximate surface area is 141 Å². The third-order valence-corrected chi connectivity index (χ3v) is 3.64. The number of nitrogens with one attached hydrogen (secondary N) is 1. The van der Waals surface area contributed by atoms with Gasteiger partial charge in [-0.25, -0.2) is 0 Å². The summed E-state index contributed by atoms with van der Waals surface area (Å²) < 4.78 is 37.7. The fraction of sp³-hybridized carbons (Fsp3) is 0.235. The van der Waals surface area contributed by atoms with Crippen LogP contribution in [-0.4, -0.2) is 10.8 Å². The molecule has 1 N–H and O–H groups in total. The number of non-ortho nitro benzene ring substituents is 1. The van der Waals surface area contributed by atoms with E-state index in [9.17, 15) is 28.1 Å². The third kappa shape index (κ3) is 5.03. The van der Waals surface area contributed by atoms with E-state index in [0.717, 1.165) is 12.1 Å². The number of nitro groups is 1. The highest BCUT2D eigenvalue weighted by molar-refractivity contribution is 5.91. The zero-order chi connectivity index (χ0) is 18.6. The summed E-state index contributed by atoms with van der Waals surface area (Å²) in [5, 5.41) is 13.3. The second-order valence-electron chi connectivity index (χ2n) is 5.58. The van der Waals surface area contributed by atoms with Gasteiger partial charge >= 0.3 is 6.18 Å². The minimum absolute atomic E-state index is 0.0358. The second-order valence-corrected chi connectivity index (χ2v) is 5.58. The molecule has 0 spiro atoms. The molecule has 1 amide bonds. The average Bonchev–Trinajstić information content (AvgIpc) is 2.54. The Hall–Kier alpha value is -2.90. The predicted molar refractivity (Wildman–Crippen MR) is 86.2 cm³/mol. The standard InChI is InChI=1S/C17H15F3N2O3/c1-11(12-5-7-13(8-6-12)17(18,19)20)9-16(23)21-14-3-2-4-15(10-14)22(24)25/h2-8,10-11H,9H2,1H3,(H,21,23). The van der Waals surface area contributed by atoms with Crippen molar-refractivity contribution in [2.24, 2.45) is 0 Å². The molecular weight excluding hydrogens is 337 g/mol. The molecule has 0 heterocycles. The predicted octanol–water partition coefficient (Wildman–Crippen LogP) is 4.75. The highest BCUT2D eigenvalue weighted by atomic mass is 19.4. The zero-order valence-electron chi connectivity index (χ0n) is 13.2. The van der Waals surface area contributed by atoms with Gasteiger partial charge in [-0.05, 0) is 29.7 Å². The number of halogens is 3. The molecule has 1 unspecified atom stereocenters. The third-order valence-electron chi connectivity index (χ3n) is 3.64. The Morgan fingerprint density at radius 2 is 1.84 bits per heavy atom. The number of anilines is 1. The van der Waals surface area contributed by atoms with Crippen LogP contribution >= 0.6 is 0 Å². The lowest BCUT2D eigenvalue weighted by Gasteiger charge is -2.13. The lowest BCUT2D eigenvalue weighted by Crippen LogP contribution is -2.14. The first-order valence-electron chi connectivity index (χ1n) is 7.38. The first-order chi connectivity index (χ1) is 11.7. The summed E-state index contributed by atoms with van der Waals surface area (Å²) >= 11 is 0. The summed E-state index contributed by atoms with van der Waals surface area (Å²) in [6.45, 7) is 1.72.